The molecule has 7 nitrogen and oxygen atoms in total. The normalized spacial score (nSPS) is 11.0. The second kappa shape index (κ2) is 8.28. The predicted molar refractivity (Wildman–Crippen MR) is 114 cm³/mol. The van der Waals surface area contributed by atoms with Crippen LogP contribution in [0.3, 0.4) is 0 Å². The molecule has 0 saturated carbocycles. The quantitative estimate of drug-likeness (QED) is 0.499. The molecule has 30 heavy (non-hydrogen) atoms. The summed E-state index contributed by atoms with van der Waals surface area (Å²) in [6.07, 6.45) is 5.30. The minimum absolute atomic E-state index is 0.189. The number of nitrogen functional groups attached to an aromatic ring is 1. The van der Waals surface area contributed by atoms with Gasteiger partial charge >= 0.3 is 6.01 Å². The maximum Gasteiger partial charge on any atom is 0.320 e. The molecule has 0 aliphatic carbocycles. The highest BCUT2D eigenvalue weighted by Gasteiger charge is 2.19. The van der Waals surface area contributed by atoms with Gasteiger partial charge in [-0.05, 0) is 23.6 Å². The van der Waals surface area contributed by atoms with E-state index in [-0.39, 0.29) is 11.8 Å². The lowest BCUT2D eigenvalue weighted by atomic mass is 10.1. The predicted octanol–water partition coefficient (Wildman–Crippen LogP) is 4.09. The number of fused-ring (bicyclic) bond motifs is 1. The second-order valence-corrected chi connectivity index (χ2v) is 6.77. The van der Waals surface area contributed by atoms with E-state index in [4.69, 9.17) is 10.5 Å². The average molecular weight is 404 g/mol. The van der Waals surface area contributed by atoms with Gasteiger partial charge in [0.15, 0.2) is 17.0 Å². The number of imidazole rings is 1. The molecule has 3 heterocycles. The third kappa shape index (κ3) is 3.84. The van der Waals surface area contributed by atoms with Crippen molar-refractivity contribution in [2.75, 3.05) is 12.3 Å². The number of pyridine rings is 1. The highest BCUT2D eigenvalue weighted by molar-refractivity contribution is 5.85. The van der Waals surface area contributed by atoms with Crippen LogP contribution in [-0.4, -0.2) is 31.1 Å². The number of nitrogens with two attached hydrogens (primary N) is 1. The van der Waals surface area contributed by atoms with E-state index < -0.39 is 5.82 Å². The van der Waals surface area contributed by atoms with Crippen molar-refractivity contribution in [2.24, 2.45) is 0 Å². The lowest BCUT2D eigenvalue weighted by molar-refractivity contribution is 0.293. The maximum atomic E-state index is 13.9. The van der Waals surface area contributed by atoms with Gasteiger partial charge in [-0.25, -0.2) is 9.37 Å². The van der Waals surface area contributed by atoms with Crippen LogP contribution in [0.5, 0.6) is 6.01 Å². The van der Waals surface area contributed by atoms with E-state index in [0.29, 0.717) is 35.7 Å². The van der Waals surface area contributed by atoms with Gasteiger partial charge in [-0.2, -0.15) is 9.97 Å². The smallest absolute Gasteiger partial charge is 0.320 e. The lowest BCUT2D eigenvalue weighted by Crippen LogP contribution is -2.06. The van der Waals surface area contributed by atoms with Crippen molar-refractivity contribution < 1.29 is 9.13 Å². The molecule has 0 aliphatic heterocycles. The zero-order valence-corrected chi connectivity index (χ0v) is 16.5. The number of anilines is 1. The SMILES string of the molecule is C=Cc1ccc(Cn2c(-c3cncc(F)c3)nc3c(N)nc(OCCC)nc32)cc1. The molecule has 0 spiro atoms. The topological polar surface area (TPSA) is 91.7 Å². The van der Waals surface area contributed by atoms with E-state index in [9.17, 15) is 4.39 Å². The minimum Gasteiger partial charge on any atom is -0.463 e. The summed E-state index contributed by atoms with van der Waals surface area (Å²) in [6.45, 7) is 6.70. The Kier molecular flexibility index (Phi) is 5.38. The van der Waals surface area contributed by atoms with Crippen molar-refractivity contribution in [2.45, 2.75) is 19.9 Å². The molecule has 2 N–H and O–H groups in total. The van der Waals surface area contributed by atoms with Gasteiger partial charge in [0.25, 0.3) is 0 Å². The van der Waals surface area contributed by atoms with Crippen LogP contribution in [-0.2, 0) is 6.54 Å². The Morgan fingerprint density at radius 3 is 2.67 bits per heavy atom. The largest absolute Gasteiger partial charge is 0.463 e. The van der Waals surface area contributed by atoms with Gasteiger partial charge < -0.3 is 15.0 Å². The Hall–Kier alpha value is -3.81. The monoisotopic (exact) mass is 404 g/mol. The van der Waals surface area contributed by atoms with Crippen LogP contribution in [0.2, 0.25) is 0 Å². The summed E-state index contributed by atoms with van der Waals surface area (Å²) in [5.41, 5.74) is 9.64. The number of benzene rings is 1. The van der Waals surface area contributed by atoms with Gasteiger partial charge in [-0.15, -0.1) is 0 Å². The Bertz CT molecular complexity index is 1200. The highest BCUT2D eigenvalue weighted by atomic mass is 19.1. The number of rotatable bonds is 7. The molecule has 0 amide bonds. The number of nitrogens with zero attached hydrogens (tertiary/aromatic N) is 5. The Morgan fingerprint density at radius 1 is 1.17 bits per heavy atom. The molecule has 0 unspecified atom stereocenters. The van der Waals surface area contributed by atoms with Crippen molar-refractivity contribution in [3.05, 3.63) is 66.2 Å². The third-order valence-electron chi connectivity index (χ3n) is 4.56. The van der Waals surface area contributed by atoms with Crippen LogP contribution >= 0.6 is 0 Å². The molecule has 0 fully saturated rings. The molecule has 3 aromatic heterocycles. The van der Waals surface area contributed by atoms with Crippen LogP contribution in [0.15, 0.2) is 49.3 Å². The molecule has 4 rings (SSSR count). The number of halogens is 1. The summed E-state index contributed by atoms with van der Waals surface area (Å²) in [4.78, 5) is 17.3. The van der Waals surface area contributed by atoms with Crippen LogP contribution in [0.25, 0.3) is 28.6 Å². The first-order chi connectivity index (χ1) is 14.6. The van der Waals surface area contributed by atoms with Crippen molar-refractivity contribution in [3.8, 4) is 17.4 Å². The van der Waals surface area contributed by atoms with Crippen molar-refractivity contribution in [1.82, 2.24) is 24.5 Å². The zero-order chi connectivity index (χ0) is 21.1. The molecule has 0 bridgehead atoms. The molecule has 0 aliphatic rings. The molecular weight excluding hydrogens is 383 g/mol. The summed E-state index contributed by atoms with van der Waals surface area (Å²) >= 11 is 0. The van der Waals surface area contributed by atoms with Gasteiger partial charge in [0.05, 0.1) is 19.3 Å². The van der Waals surface area contributed by atoms with E-state index in [0.717, 1.165) is 23.7 Å². The molecule has 0 radical (unpaired) electrons. The fourth-order valence-electron chi connectivity index (χ4n) is 3.11. The lowest BCUT2D eigenvalue weighted by Gasteiger charge is -2.10. The van der Waals surface area contributed by atoms with E-state index in [1.165, 1.54) is 6.07 Å². The summed E-state index contributed by atoms with van der Waals surface area (Å²) in [6, 6.07) is 9.51. The zero-order valence-electron chi connectivity index (χ0n) is 16.5. The van der Waals surface area contributed by atoms with Crippen LogP contribution in [0.1, 0.15) is 24.5 Å². The van der Waals surface area contributed by atoms with Crippen molar-refractivity contribution in [3.63, 3.8) is 0 Å². The Labute approximate surface area is 173 Å². The molecule has 4 aromatic rings. The fourth-order valence-corrected chi connectivity index (χ4v) is 3.11. The van der Waals surface area contributed by atoms with Crippen molar-refractivity contribution in [1.29, 1.82) is 0 Å². The molecule has 0 saturated heterocycles. The van der Waals surface area contributed by atoms with Gasteiger partial charge in [0, 0.05) is 11.8 Å². The molecular formula is C22H21FN6O. The molecule has 152 valence electrons. The molecule has 0 atom stereocenters. The van der Waals surface area contributed by atoms with Gasteiger partial charge in [0.2, 0.25) is 0 Å². The van der Waals surface area contributed by atoms with Gasteiger partial charge in [-0.1, -0.05) is 43.8 Å². The van der Waals surface area contributed by atoms with E-state index >= 15 is 0 Å². The first kappa shape index (κ1) is 19.5. The van der Waals surface area contributed by atoms with Crippen molar-refractivity contribution >= 4 is 23.1 Å². The number of aromatic nitrogens is 5. The summed E-state index contributed by atoms with van der Waals surface area (Å²) in [7, 11) is 0. The van der Waals surface area contributed by atoms with E-state index in [1.807, 2.05) is 35.8 Å². The standard InChI is InChI=1S/C22H21FN6O/c1-3-9-30-22-27-19(24)18-21(28-22)29(13-15-7-5-14(4-2)6-8-15)20(26-18)16-10-17(23)12-25-11-16/h4-8,10-12H,2-3,9,13H2,1H3,(H2,24,27,28). The molecule has 8 heteroatoms. The van der Waals surface area contributed by atoms with Gasteiger partial charge in [-0.3, -0.25) is 4.98 Å². The third-order valence-corrected chi connectivity index (χ3v) is 4.56. The van der Waals surface area contributed by atoms with Crippen LogP contribution in [0.4, 0.5) is 10.2 Å². The Morgan fingerprint density at radius 2 is 1.97 bits per heavy atom. The number of hydrogen-bond acceptors (Lipinski definition) is 6. The number of ether oxygens (including phenoxy) is 1. The average Bonchev–Trinajstić information content (AvgIpc) is 3.12. The van der Waals surface area contributed by atoms with Crippen LogP contribution in [0, 0.1) is 5.82 Å². The maximum absolute atomic E-state index is 13.9. The van der Waals surface area contributed by atoms with Crippen LogP contribution < -0.4 is 10.5 Å². The minimum atomic E-state index is -0.451. The summed E-state index contributed by atoms with van der Waals surface area (Å²) in [5, 5.41) is 0. The van der Waals surface area contributed by atoms with Gasteiger partial charge in [0.1, 0.15) is 11.6 Å². The highest BCUT2D eigenvalue weighted by Crippen LogP contribution is 2.28. The number of hydrogen-bond donors (Lipinski definition) is 1. The van der Waals surface area contributed by atoms with E-state index in [1.54, 1.807) is 12.3 Å². The first-order valence-electron chi connectivity index (χ1n) is 9.58. The first-order valence-corrected chi connectivity index (χ1v) is 9.58. The summed E-state index contributed by atoms with van der Waals surface area (Å²) in [5.74, 6) is 0.253. The second-order valence-electron chi connectivity index (χ2n) is 6.77. The summed E-state index contributed by atoms with van der Waals surface area (Å²) < 4.78 is 21.3. The van der Waals surface area contributed by atoms with E-state index in [2.05, 4.69) is 26.5 Å². The Balaban J connectivity index is 1.88. The molecule has 1 aromatic carbocycles. The fraction of sp³-hybridized carbons (Fsp3) is 0.182.